The van der Waals surface area contributed by atoms with Gasteiger partial charge in [0.15, 0.2) is 0 Å². The van der Waals surface area contributed by atoms with Crippen molar-refractivity contribution in [3.63, 3.8) is 0 Å². The molecule has 0 radical (unpaired) electrons. The molecule has 0 unspecified atom stereocenters. The highest BCUT2D eigenvalue weighted by Crippen LogP contribution is 2.39. The maximum Gasteiger partial charge on any atom is 0.416 e. The van der Waals surface area contributed by atoms with Crippen LogP contribution in [0.4, 0.5) is 26.3 Å². The quantitative estimate of drug-likeness (QED) is 0.503. The van der Waals surface area contributed by atoms with Crippen molar-refractivity contribution in [1.29, 1.82) is 0 Å². The first-order valence-corrected chi connectivity index (χ1v) is 9.49. The smallest absolute Gasteiger partial charge is 0.360 e. The first kappa shape index (κ1) is 20.7. The minimum absolute atomic E-state index is 0.0767. The van der Waals surface area contributed by atoms with Gasteiger partial charge in [0, 0.05) is 11.8 Å². The molecule has 30 heavy (non-hydrogen) atoms. The molecule has 2 aromatic heterocycles. The Morgan fingerprint density at radius 2 is 1.53 bits per heavy atom. The van der Waals surface area contributed by atoms with Crippen molar-refractivity contribution in [1.82, 2.24) is 14.9 Å². The molecule has 1 aromatic carbocycles. The molecule has 0 atom stereocenters. The number of benzene rings is 1. The summed E-state index contributed by atoms with van der Waals surface area (Å²) in [6.07, 6.45) is -6.13. The predicted molar refractivity (Wildman–Crippen MR) is 101 cm³/mol. The van der Waals surface area contributed by atoms with E-state index >= 15 is 0 Å². The lowest BCUT2D eigenvalue weighted by atomic mass is 9.90. The highest BCUT2D eigenvalue weighted by atomic mass is 19.4. The van der Waals surface area contributed by atoms with Gasteiger partial charge in [0.2, 0.25) is 0 Å². The zero-order chi connectivity index (χ0) is 21.7. The fourth-order valence-electron chi connectivity index (χ4n) is 3.91. The van der Waals surface area contributed by atoms with Crippen molar-refractivity contribution in [3.8, 4) is 11.3 Å². The zero-order valence-corrected chi connectivity index (χ0v) is 16.0. The van der Waals surface area contributed by atoms with Gasteiger partial charge in [-0.1, -0.05) is 0 Å². The number of piperidine rings is 1. The molecule has 160 valence electrons. The van der Waals surface area contributed by atoms with E-state index in [-0.39, 0.29) is 23.2 Å². The van der Waals surface area contributed by atoms with E-state index in [0.29, 0.717) is 23.2 Å². The predicted octanol–water partition coefficient (Wildman–Crippen LogP) is 6.08. The van der Waals surface area contributed by atoms with E-state index in [4.69, 9.17) is 0 Å². The third-order valence-corrected chi connectivity index (χ3v) is 5.59. The van der Waals surface area contributed by atoms with Crippen LogP contribution in [0.15, 0.2) is 36.5 Å². The van der Waals surface area contributed by atoms with Gasteiger partial charge in [-0.3, -0.25) is 0 Å². The van der Waals surface area contributed by atoms with E-state index in [1.807, 2.05) is 13.2 Å². The molecule has 0 spiro atoms. The Kier molecular flexibility index (Phi) is 5.04. The van der Waals surface area contributed by atoms with Crippen LogP contribution in [0.2, 0.25) is 0 Å². The summed E-state index contributed by atoms with van der Waals surface area (Å²) in [5.41, 5.74) is -0.591. The van der Waals surface area contributed by atoms with Crippen LogP contribution in [0, 0.1) is 0 Å². The van der Waals surface area contributed by atoms with Gasteiger partial charge in [-0.25, -0.2) is 4.98 Å². The summed E-state index contributed by atoms with van der Waals surface area (Å²) in [6.45, 7) is 1.83. The SMILES string of the molecule is CN1CCC(c2c[nH]c3ccc(-c4cc(C(F)(F)F)cc(C(F)(F)F)c4)nc23)CC1. The number of aromatic amines is 1. The maximum atomic E-state index is 13.2. The van der Waals surface area contributed by atoms with Crippen LogP contribution in [0.3, 0.4) is 0 Å². The van der Waals surface area contributed by atoms with Gasteiger partial charge in [-0.2, -0.15) is 26.3 Å². The van der Waals surface area contributed by atoms with Crippen LogP contribution in [0.1, 0.15) is 35.4 Å². The van der Waals surface area contributed by atoms with Gasteiger partial charge in [-0.15, -0.1) is 0 Å². The van der Waals surface area contributed by atoms with E-state index in [0.717, 1.165) is 31.5 Å². The fourth-order valence-corrected chi connectivity index (χ4v) is 3.91. The third-order valence-electron chi connectivity index (χ3n) is 5.59. The maximum absolute atomic E-state index is 13.2. The van der Waals surface area contributed by atoms with E-state index < -0.39 is 23.5 Å². The number of nitrogens with one attached hydrogen (secondary N) is 1. The van der Waals surface area contributed by atoms with Crippen molar-refractivity contribution < 1.29 is 26.3 Å². The number of H-pyrrole nitrogens is 1. The number of alkyl halides is 6. The van der Waals surface area contributed by atoms with Crippen molar-refractivity contribution in [2.75, 3.05) is 20.1 Å². The minimum Gasteiger partial charge on any atom is -0.360 e. The van der Waals surface area contributed by atoms with Gasteiger partial charge in [0.1, 0.15) is 0 Å². The number of nitrogens with zero attached hydrogens (tertiary/aromatic N) is 2. The molecule has 9 heteroatoms. The number of pyridine rings is 1. The largest absolute Gasteiger partial charge is 0.416 e. The Morgan fingerprint density at radius 3 is 2.10 bits per heavy atom. The first-order valence-electron chi connectivity index (χ1n) is 9.49. The van der Waals surface area contributed by atoms with Gasteiger partial charge < -0.3 is 9.88 Å². The second kappa shape index (κ2) is 7.30. The molecule has 0 bridgehead atoms. The van der Waals surface area contributed by atoms with Crippen molar-refractivity contribution in [3.05, 3.63) is 53.2 Å². The summed E-state index contributed by atoms with van der Waals surface area (Å²) in [4.78, 5) is 9.79. The summed E-state index contributed by atoms with van der Waals surface area (Å²) < 4.78 is 79.2. The Bertz CT molecular complexity index is 1030. The molecule has 1 saturated heterocycles. The lowest BCUT2D eigenvalue weighted by Crippen LogP contribution is -2.29. The monoisotopic (exact) mass is 427 g/mol. The van der Waals surface area contributed by atoms with Crippen molar-refractivity contribution in [2.24, 2.45) is 0 Å². The highest BCUT2D eigenvalue weighted by molar-refractivity contribution is 5.82. The molecule has 1 aliphatic rings. The Balaban J connectivity index is 1.80. The Labute approximate surface area is 168 Å². The first-order chi connectivity index (χ1) is 14.0. The lowest BCUT2D eigenvalue weighted by Gasteiger charge is -2.28. The normalized spacial score (nSPS) is 17.0. The van der Waals surface area contributed by atoms with Gasteiger partial charge in [0.25, 0.3) is 0 Å². The summed E-state index contributed by atoms with van der Waals surface area (Å²) in [6, 6.07) is 4.63. The Morgan fingerprint density at radius 1 is 0.933 bits per heavy atom. The number of halogens is 6. The van der Waals surface area contributed by atoms with Crippen LogP contribution >= 0.6 is 0 Å². The molecule has 1 fully saturated rings. The molecule has 0 amide bonds. The average Bonchev–Trinajstić information content (AvgIpc) is 3.10. The molecule has 1 aliphatic heterocycles. The molecule has 3 heterocycles. The van der Waals surface area contributed by atoms with E-state index in [2.05, 4.69) is 14.9 Å². The summed E-state index contributed by atoms with van der Waals surface area (Å²) in [5.74, 6) is 0.241. The number of fused-ring (bicyclic) bond motifs is 1. The number of rotatable bonds is 2. The topological polar surface area (TPSA) is 31.9 Å². The van der Waals surface area contributed by atoms with Crippen molar-refractivity contribution >= 4 is 11.0 Å². The summed E-state index contributed by atoms with van der Waals surface area (Å²) >= 11 is 0. The Hall–Kier alpha value is -2.55. The average molecular weight is 427 g/mol. The minimum atomic E-state index is -4.90. The number of likely N-dealkylation sites (tertiary alicyclic amines) is 1. The second-order valence-corrected chi connectivity index (χ2v) is 7.71. The molecule has 0 aliphatic carbocycles. The van der Waals surface area contributed by atoms with Gasteiger partial charge >= 0.3 is 12.4 Å². The van der Waals surface area contributed by atoms with Crippen LogP contribution in [0.5, 0.6) is 0 Å². The molecule has 0 saturated carbocycles. The fraction of sp³-hybridized carbons (Fsp3) is 0.381. The molecule has 3 aromatic rings. The highest BCUT2D eigenvalue weighted by Gasteiger charge is 2.37. The van der Waals surface area contributed by atoms with E-state index in [1.165, 1.54) is 6.07 Å². The zero-order valence-electron chi connectivity index (χ0n) is 16.0. The van der Waals surface area contributed by atoms with Crippen LogP contribution in [-0.2, 0) is 12.4 Å². The standard InChI is InChI=1S/C21H19F6N3/c1-30-6-4-12(5-7-30)16-11-28-18-3-2-17(29-19(16)18)13-8-14(20(22,23)24)10-15(9-13)21(25,26)27/h2-3,8-12,28H,4-7H2,1H3. The van der Waals surface area contributed by atoms with Crippen LogP contribution in [0.25, 0.3) is 22.3 Å². The van der Waals surface area contributed by atoms with Gasteiger partial charge in [-0.05, 0) is 74.8 Å². The van der Waals surface area contributed by atoms with Crippen LogP contribution in [-0.4, -0.2) is 35.0 Å². The summed E-state index contributed by atoms with van der Waals surface area (Å²) in [5, 5.41) is 0. The van der Waals surface area contributed by atoms with E-state index in [9.17, 15) is 26.3 Å². The number of hydrogen-bond donors (Lipinski definition) is 1. The number of hydrogen-bond acceptors (Lipinski definition) is 2. The molecular formula is C21H19F6N3. The molecule has 1 N–H and O–H groups in total. The van der Waals surface area contributed by atoms with Crippen LogP contribution < -0.4 is 0 Å². The molecule has 3 nitrogen and oxygen atoms in total. The van der Waals surface area contributed by atoms with E-state index in [1.54, 1.807) is 6.07 Å². The molecular weight excluding hydrogens is 408 g/mol. The van der Waals surface area contributed by atoms with Crippen molar-refractivity contribution in [2.45, 2.75) is 31.1 Å². The van der Waals surface area contributed by atoms with Gasteiger partial charge in [0.05, 0.1) is 27.9 Å². The lowest BCUT2D eigenvalue weighted by molar-refractivity contribution is -0.143. The second-order valence-electron chi connectivity index (χ2n) is 7.71. The summed E-state index contributed by atoms with van der Waals surface area (Å²) in [7, 11) is 2.04. The molecule has 4 rings (SSSR count). The third kappa shape index (κ3) is 4.03. The number of aromatic nitrogens is 2.